The second-order valence-corrected chi connectivity index (χ2v) is 7.66. The summed E-state index contributed by atoms with van der Waals surface area (Å²) in [6.07, 6.45) is 0.372. The van der Waals surface area contributed by atoms with E-state index in [0.717, 1.165) is 34.1 Å². The number of nitrogens with zero attached hydrogens (tertiary/aromatic N) is 3. The van der Waals surface area contributed by atoms with Crippen LogP contribution in [0.25, 0.3) is 0 Å². The van der Waals surface area contributed by atoms with E-state index in [4.69, 9.17) is 14.2 Å². The Bertz CT molecular complexity index is 975. The van der Waals surface area contributed by atoms with Crippen LogP contribution in [0.4, 0.5) is 11.4 Å². The van der Waals surface area contributed by atoms with Crippen molar-refractivity contribution in [1.29, 1.82) is 10.5 Å². The Balaban J connectivity index is 2.12. The van der Waals surface area contributed by atoms with Crippen LogP contribution in [0, 0.1) is 22.7 Å². The van der Waals surface area contributed by atoms with Gasteiger partial charge in [-0.1, -0.05) is 30.8 Å². The van der Waals surface area contributed by atoms with Crippen LogP contribution in [0.2, 0.25) is 0 Å². The number of benzene rings is 2. The molecule has 0 aliphatic carbocycles. The molecule has 1 aliphatic heterocycles. The quantitative estimate of drug-likeness (QED) is 0.512. The highest BCUT2D eigenvalue weighted by Gasteiger charge is 2.30. The molecule has 156 valence electrons. The summed E-state index contributed by atoms with van der Waals surface area (Å²) in [4.78, 5) is 4.19. The van der Waals surface area contributed by atoms with Crippen molar-refractivity contribution < 1.29 is 14.2 Å². The lowest BCUT2D eigenvalue weighted by Crippen LogP contribution is -2.27. The van der Waals surface area contributed by atoms with Gasteiger partial charge in [-0.15, -0.1) is 0 Å². The van der Waals surface area contributed by atoms with Crippen LogP contribution in [0.15, 0.2) is 40.1 Å². The second kappa shape index (κ2) is 10.4. The molecule has 0 aromatic heterocycles. The smallest absolute Gasteiger partial charge is 0.191 e. The van der Waals surface area contributed by atoms with Crippen molar-refractivity contribution in [3.63, 3.8) is 0 Å². The second-order valence-electron chi connectivity index (χ2n) is 6.57. The molecule has 7 heteroatoms. The maximum Gasteiger partial charge on any atom is 0.191 e. The molecule has 0 amide bonds. The Morgan fingerprint density at radius 1 is 1.03 bits per heavy atom. The molecule has 0 bridgehead atoms. The molecule has 0 unspecified atom stereocenters. The number of nitriles is 2. The maximum atomic E-state index is 9.85. The molecule has 0 radical (unpaired) electrons. The van der Waals surface area contributed by atoms with Crippen molar-refractivity contribution in [3.8, 4) is 17.9 Å². The number of rotatable bonds is 9. The molecular formula is C23H25N3O3S. The lowest BCUT2D eigenvalue weighted by molar-refractivity contribution is -0.152. The van der Waals surface area contributed by atoms with Crippen molar-refractivity contribution in [2.75, 3.05) is 31.3 Å². The third-order valence-electron chi connectivity index (χ3n) is 4.61. The molecule has 2 aromatic rings. The zero-order chi connectivity index (χ0) is 21.5. The van der Waals surface area contributed by atoms with E-state index in [1.807, 2.05) is 26.0 Å². The van der Waals surface area contributed by atoms with E-state index in [-0.39, 0.29) is 12.2 Å². The highest BCUT2D eigenvalue weighted by molar-refractivity contribution is 7.99. The van der Waals surface area contributed by atoms with Crippen molar-refractivity contribution in [2.24, 2.45) is 0 Å². The lowest BCUT2D eigenvalue weighted by atomic mass is 10.0. The zero-order valence-corrected chi connectivity index (χ0v) is 18.3. The number of hydrogen-bond donors (Lipinski definition) is 0. The standard InChI is InChI=1S/C23H25N3O3S/c1-4-11-26-18-9-7-8-10-19(18)30-20-12-16(13-24)17(14-25)23(22(20)26)29-15-21(27-5-2)28-6-3/h7-10,12,21H,4-6,11,15H2,1-3H3. The highest BCUT2D eigenvalue weighted by atomic mass is 32.2. The third-order valence-corrected chi connectivity index (χ3v) is 5.71. The number of para-hydroxylation sites is 1. The van der Waals surface area contributed by atoms with Crippen molar-refractivity contribution in [2.45, 2.75) is 43.3 Å². The molecule has 3 rings (SSSR count). The van der Waals surface area contributed by atoms with Gasteiger partial charge in [-0.05, 0) is 38.5 Å². The van der Waals surface area contributed by atoms with Gasteiger partial charge in [0.05, 0.1) is 16.9 Å². The average molecular weight is 424 g/mol. The van der Waals surface area contributed by atoms with Crippen LogP contribution >= 0.6 is 11.8 Å². The summed E-state index contributed by atoms with van der Waals surface area (Å²) in [7, 11) is 0. The summed E-state index contributed by atoms with van der Waals surface area (Å²) in [5.41, 5.74) is 2.44. The molecule has 1 heterocycles. The van der Waals surface area contributed by atoms with E-state index in [9.17, 15) is 10.5 Å². The zero-order valence-electron chi connectivity index (χ0n) is 17.5. The predicted octanol–water partition coefficient (Wildman–Crippen LogP) is 5.22. The average Bonchev–Trinajstić information content (AvgIpc) is 2.76. The minimum absolute atomic E-state index is 0.129. The SMILES string of the molecule is CCCN1c2ccccc2Sc2cc(C#N)c(C#N)c(OCC(OCC)OCC)c21. The van der Waals surface area contributed by atoms with Gasteiger partial charge in [-0.3, -0.25) is 0 Å². The van der Waals surface area contributed by atoms with E-state index in [0.29, 0.717) is 24.5 Å². The molecule has 0 N–H and O–H groups in total. The van der Waals surface area contributed by atoms with Gasteiger partial charge >= 0.3 is 0 Å². The van der Waals surface area contributed by atoms with Gasteiger partial charge in [0, 0.05) is 29.5 Å². The fourth-order valence-electron chi connectivity index (χ4n) is 3.43. The van der Waals surface area contributed by atoms with Gasteiger partial charge < -0.3 is 19.1 Å². The van der Waals surface area contributed by atoms with Crippen molar-refractivity contribution in [1.82, 2.24) is 0 Å². The van der Waals surface area contributed by atoms with Gasteiger partial charge in [0.15, 0.2) is 12.0 Å². The molecular weight excluding hydrogens is 398 g/mol. The Labute approximate surface area is 182 Å². The Morgan fingerprint density at radius 3 is 2.40 bits per heavy atom. The first-order valence-corrected chi connectivity index (χ1v) is 10.9. The third kappa shape index (κ3) is 4.39. The summed E-state index contributed by atoms with van der Waals surface area (Å²) in [6, 6.07) is 14.2. The summed E-state index contributed by atoms with van der Waals surface area (Å²) < 4.78 is 17.3. The van der Waals surface area contributed by atoms with Crippen LogP contribution in [0.5, 0.6) is 5.75 Å². The molecule has 0 saturated carbocycles. The first-order chi connectivity index (χ1) is 14.7. The minimum atomic E-state index is -0.545. The summed E-state index contributed by atoms with van der Waals surface area (Å²) >= 11 is 1.59. The normalized spacial score (nSPS) is 12.1. The number of ether oxygens (including phenoxy) is 3. The molecule has 0 saturated heterocycles. The Hall–Kier alpha value is -2.71. The van der Waals surface area contributed by atoms with E-state index >= 15 is 0 Å². The van der Waals surface area contributed by atoms with Crippen molar-refractivity contribution in [3.05, 3.63) is 41.5 Å². The van der Waals surface area contributed by atoms with Crippen LogP contribution in [-0.2, 0) is 9.47 Å². The summed E-state index contributed by atoms with van der Waals surface area (Å²) in [5.74, 6) is 0.409. The van der Waals surface area contributed by atoms with Gasteiger partial charge in [-0.2, -0.15) is 10.5 Å². The highest BCUT2D eigenvalue weighted by Crippen LogP contribution is 2.53. The molecule has 0 fully saturated rings. The minimum Gasteiger partial charge on any atom is -0.485 e. The van der Waals surface area contributed by atoms with Gasteiger partial charge in [0.1, 0.15) is 24.3 Å². The first-order valence-electron chi connectivity index (χ1n) is 10.1. The summed E-state index contributed by atoms with van der Waals surface area (Å²) in [6.45, 7) is 7.76. The maximum absolute atomic E-state index is 9.85. The lowest BCUT2D eigenvalue weighted by Gasteiger charge is -2.34. The Kier molecular flexibility index (Phi) is 7.59. The van der Waals surface area contributed by atoms with Gasteiger partial charge in [-0.25, -0.2) is 0 Å². The fourth-order valence-corrected chi connectivity index (χ4v) is 4.57. The van der Waals surface area contributed by atoms with Crippen LogP contribution < -0.4 is 9.64 Å². The molecule has 0 spiro atoms. The van der Waals surface area contributed by atoms with Crippen molar-refractivity contribution >= 4 is 23.1 Å². The van der Waals surface area contributed by atoms with Crippen LogP contribution in [0.3, 0.4) is 0 Å². The Morgan fingerprint density at radius 2 is 1.77 bits per heavy atom. The van der Waals surface area contributed by atoms with E-state index in [1.54, 1.807) is 17.8 Å². The largest absolute Gasteiger partial charge is 0.485 e. The molecule has 1 aliphatic rings. The number of hydrogen-bond acceptors (Lipinski definition) is 7. The summed E-state index contributed by atoms with van der Waals surface area (Å²) in [5, 5.41) is 19.5. The molecule has 0 atom stereocenters. The van der Waals surface area contributed by atoms with Crippen LogP contribution in [-0.4, -0.2) is 32.7 Å². The molecule has 30 heavy (non-hydrogen) atoms. The van der Waals surface area contributed by atoms with E-state index in [1.165, 1.54) is 0 Å². The first kappa shape index (κ1) is 22.0. The van der Waals surface area contributed by atoms with Gasteiger partial charge in [0.2, 0.25) is 0 Å². The topological polar surface area (TPSA) is 78.5 Å². The molecule has 2 aromatic carbocycles. The van der Waals surface area contributed by atoms with Crippen LogP contribution in [0.1, 0.15) is 38.3 Å². The fraction of sp³-hybridized carbons (Fsp3) is 0.391. The predicted molar refractivity (Wildman–Crippen MR) is 116 cm³/mol. The molecule has 6 nitrogen and oxygen atoms in total. The number of anilines is 2. The van der Waals surface area contributed by atoms with E-state index < -0.39 is 6.29 Å². The number of fused-ring (bicyclic) bond motifs is 2. The monoisotopic (exact) mass is 423 g/mol. The van der Waals surface area contributed by atoms with E-state index in [2.05, 4.69) is 36.1 Å². The van der Waals surface area contributed by atoms with Gasteiger partial charge in [0.25, 0.3) is 0 Å².